The summed E-state index contributed by atoms with van der Waals surface area (Å²) in [6.45, 7) is 2.91. The number of aromatic nitrogens is 2. The predicted molar refractivity (Wildman–Crippen MR) is 90.3 cm³/mol. The molecular weight excluding hydrogens is 305 g/mol. The zero-order valence-corrected chi connectivity index (χ0v) is 13.4. The molecule has 0 unspecified atom stereocenters. The Hall–Kier alpha value is -2.69. The van der Waals surface area contributed by atoms with Crippen LogP contribution in [0.2, 0.25) is 0 Å². The highest BCUT2D eigenvalue weighted by atomic mass is 19.1. The molecule has 1 atom stereocenters. The van der Waals surface area contributed by atoms with Crippen LogP contribution in [0.5, 0.6) is 0 Å². The van der Waals surface area contributed by atoms with Gasteiger partial charge in [-0.05, 0) is 56.2 Å². The summed E-state index contributed by atoms with van der Waals surface area (Å²) < 4.78 is 14.9. The van der Waals surface area contributed by atoms with E-state index < -0.39 is 0 Å². The van der Waals surface area contributed by atoms with Gasteiger partial charge in [0.15, 0.2) is 0 Å². The summed E-state index contributed by atoms with van der Waals surface area (Å²) in [4.78, 5) is 19.1. The van der Waals surface area contributed by atoms with E-state index in [0.717, 1.165) is 36.3 Å². The van der Waals surface area contributed by atoms with E-state index in [1.165, 1.54) is 12.1 Å². The second kappa shape index (κ2) is 5.74. The number of hydrogen-bond acceptors (Lipinski definition) is 2. The number of halogens is 1. The van der Waals surface area contributed by atoms with Crippen LogP contribution in [0.25, 0.3) is 16.9 Å². The van der Waals surface area contributed by atoms with Crippen LogP contribution >= 0.6 is 0 Å². The first-order chi connectivity index (χ1) is 11.6. The van der Waals surface area contributed by atoms with Gasteiger partial charge in [-0.3, -0.25) is 4.79 Å². The van der Waals surface area contributed by atoms with Gasteiger partial charge in [-0.2, -0.15) is 0 Å². The van der Waals surface area contributed by atoms with Gasteiger partial charge in [0.05, 0.1) is 11.3 Å². The van der Waals surface area contributed by atoms with Gasteiger partial charge in [-0.25, -0.2) is 9.37 Å². The van der Waals surface area contributed by atoms with E-state index in [4.69, 9.17) is 0 Å². The third-order valence-corrected chi connectivity index (χ3v) is 4.65. The lowest BCUT2D eigenvalue weighted by atomic mass is 10.2. The van der Waals surface area contributed by atoms with Crippen LogP contribution in [0.1, 0.15) is 30.1 Å². The number of hydrogen-bond donors (Lipinski definition) is 0. The Morgan fingerprint density at radius 2 is 1.96 bits per heavy atom. The van der Waals surface area contributed by atoms with E-state index in [1.807, 2.05) is 33.8 Å². The third-order valence-electron chi connectivity index (χ3n) is 4.65. The van der Waals surface area contributed by atoms with Gasteiger partial charge in [0, 0.05) is 30.5 Å². The van der Waals surface area contributed by atoms with Crippen molar-refractivity contribution in [3.63, 3.8) is 0 Å². The quantitative estimate of drug-likeness (QED) is 0.720. The largest absolute Gasteiger partial charge is 0.336 e. The molecule has 0 radical (unpaired) electrons. The van der Waals surface area contributed by atoms with Gasteiger partial charge in [0.1, 0.15) is 11.5 Å². The topological polar surface area (TPSA) is 37.6 Å². The first-order valence-corrected chi connectivity index (χ1v) is 8.17. The lowest BCUT2D eigenvalue weighted by molar-refractivity contribution is 0.0747. The molecule has 1 saturated heterocycles. The van der Waals surface area contributed by atoms with Crippen LogP contribution in [0, 0.1) is 5.82 Å². The predicted octanol–water partition coefficient (Wildman–Crippen LogP) is 3.76. The van der Waals surface area contributed by atoms with Crippen molar-refractivity contribution < 1.29 is 9.18 Å². The molecule has 5 heteroatoms. The standard InChI is InChI=1S/C19H18FN3O/c1-13-3-2-10-23(13)19(24)15-6-9-18-21-17(12-22(18)11-15)14-4-7-16(20)8-5-14/h4-9,11-13H,2-3,10H2,1H3/t13-/m0/s1. The van der Waals surface area contributed by atoms with E-state index in [-0.39, 0.29) is 11.7 Å². The summed E-state index contributed by atoms with van der Waals surface area (Å²) in [6.07, 6.45) is 5.82. The first kappa shape index (κ1) is 14.9. The van der Waals surface area contributed by atoms with Gasteiger partial charge >= 0.3 is 0 Å². The summed E-state index contributed by atoms with van der Waals surface area (Å²) in [5, 5.41) is 0. The first-order valence-electron chi connectivity index (χ1n) is 8.17. The molecule has 0 saturated carbocycles. The van der Waals surface area contributed by atoms with Crippen molar-refractivity contribution in [1.82, 2.24) is 14.3 Å². The van der Waals surface area contributed by atoms with Crippen LogP contribution in [-0.2, 0) is 0 Å². The second-order valence-electron chi connectivity index (χ2n) is 6.31. The lowest BCUT2D eigenvalue weighted by Crippen LogP contribution is -2.33. The lowest BCUT2D eigenvalue weighted by Gasteiger charge is -2.21. The number of carbonyl (C=O) groups excluding carboxylic acids is 1. The summed E-state index contributed by atoms with van der Waals surface area (Å²) >= 11 is 0. The van der Waals surface area contributed by atoms with Gasteiger partial charge in [-0.15, -0.1) is 0 Å². The average molecular weight is 323 g/mol. The second-order valence-corrected chi connectivity index (χ2v) is 6.31. The van der Waals surface area contributed by atoms with Crippen LogP contribution < -0.4 is 0 Å². The van der Waals surface area contributed by atoms with Crippen molar-refractivity contribution >= 4 is 11.6 Å². The molecule has 0 spiro atoms. The van der Waals surface area contributed by atoms with Crippen molar-refractivity contribution in [3.05, 3.63) is 60.2 Å². The number of fused-ring (bicyclic) bond motifs is 1. The molecule has 2 aromatic heterocycles. The monoisotopic (exact) mass is 323 g/mol. The van der Waals surface area contributed by atoms with Gasteiger partial charge in [0.2, 0.25) is 0 Å². The Bertz CT molecular complexity index is 901. The van der Waals surface area contributed by atoms with E-state index in [0.29, 0.717) is 11.6 Å². The Morgan fingerprint density at radius 3 is 2.67 bits per heavy atom. The number of nitrogens with zero attached hydrogens (tertiary/aromatic N) is 3. The maximum absolute atomic E-state index is 13.1. The number of carbonyl (C=O) groups is 1. The van der Waals surface area contributed by atoms with Crippen molar-refractivity contribution in [3.8, 4) is 11.3 Å². The summed E-state index contributed by atoms with van der Waals surface area (Å²) in [6, 6.07) is 10.2. The van der Waals surface area contributed by atoms with Crippen molar-refractivity contribution in [2.75, 3.05) is 6.54 Å². The molecule has 1 aliphatic heterocycles. The summed E-state index contributed by atoms with van der Waals surface area (Å²) in [5.74, 6) is -0.200. The maximum atomic E-state index is 13.1. The van der Waals surface area contributed by atoms with Crippen molar-refractivity contribution in [1.29, 1.82) is 0 Å². The molecule has 4 nitrogen and oxygen atoms in total. The van der Waals surface area contributed by atoms with Crippen molar-refractivity contribution in [2.45, 2.75) is 25.8 Å². The highest BCUT2D eigenvalue weighted by Gasteiger charge is 2.26. The summed E-state index contributed by atoms with van der Waals surface area (Å²) in [7, 11) is 0. The molecule has 122 valence electrons. The molecule has 1 amide bonds. The smallest absolute Gasteiger partial charge is 0.255 e. The Labute approximate surface area is 139 Å². The molecule has 0 aliphatic carbocycles. The van der Waals surface area contributed by atoms with Crippen LogP contribution in [0.15, 0.2) is 48.8 Å². The van der Waals surface area contributed by atoms with Crippen LogP contribution in [-0.4, -0.2) is 32.8 Å². The van der Waals surface area contributed by atoms with Gasteiger partial charge in [-0.1, -0.05) is 0 Å². The molecule has 1 aliphatic rings. The SMILES string of the molecule is C[C@H]1CCCN1C(=O)c1ccc2nc(-c3ccc(F)cc3)cn2c1. The average Bonchev–Trinajstić information content (AvgIpc) is 3.20. The van der Waals surface area contributed by atoms with E-state index in [1.54, 1.807) is 12.1 Å². The Kier molecular flexibility index (Phi) is 3.56. The third kappa shape index (κ3) is 2.56. The van der Waals surface area contributed by atoms with Crippen molar-refractivity contribution in [2.24, 2.45) is 0 Å². The minimum Gasteiger partial charge on any atom is -0.336 e. The molecule has 0 bridgehead atoms. The summed E-state index contributed by atoms with van der Waals surface area (Å²) in [5.41, 5.74) is 3.04. The minimum atomic E-state index is -0.268. The van der Waals surface area contributed by atoms with Crippen LogP contribution in [0.3, 0.4) is 0 Å². The fraction of sp³-hybridized carbons (Fsp3) is 0.263. The van der Waals surface area contributed by atoms with E-state index >= 15 is 0 Å². The highest BCUT2D eigenvalue weighted by Crippen LogP contribution is 2.22. The molecule has 4 rings (SSSR count). The molecule has 24 heavy (non-hydrogen) atoms. The fourth-order valence-corrected chi connectivity index (χ4v) is 3.28. The molecule has 1 fully saturated rings. The number of amides is 1. The minimum absolute atomic E-state index is 0.0685. The van der Waals surface area contributed by atoms with Gasteiger partial charge < -0.3 is 9.30 Å². The maximum Gasteiger partial charge on any atom is 0.255 e. The Balaban J connectivity index is 1.68. The fourth-order valence-electron chi connectivity index (χ4n) is 3.28. The highest BCUT2D eigenvalue weighted by molar-refractivity contribution is 5.94. The number of likely N-dealkylation sites (tertiary alicyclic amines) is 1. The molecular formula is C19H18FN3O. The number of benzene rings is 1. The number of pyridine rings is 1. The van der Waals surface area contributed by atoms with Gasteiger partial charge in [0.25, 0.3) is 5.91 Å². The number of rotatable bonds is 2. The molecule has 1 aromatic carbocycles. The van der Waals surface area contributed by atoms with E-state index in [9.17, 15) is 9.18 Å². The molecule has 3 heterocycles. The zero-order valence-electron chi connectivity index (χ0n) is 13.4. The molecule has 0 N–H and O–H groups in total. The number of imidazole rings is 1. The molecule has 3 aromatic rings. The van der Waals surface area contributed by atoms with Crippen LogP contribution in [0.4, 0.5) is 4.39 Å². The normalized spacial score (nSPS) is 17.6. The Morgan fingerprint density at radius 1 is 1.17 bits per heavy atom. The zero-order chi connectivity index (χ0) is 16.7. The van der Waals surface area contributed by atoms with E-state index in [2.05, 4.69) is 11.9 Å².